The number of aromatic nitrogens is 1. The van der Waals surface area contributed by atoms with Gasteiger partial charge in [-0.3, -0.25) is 4.79 Å². The van der Waals surface area contributed by atoms with E-state index in [2.05, 4.69) is 4.98 Å². The van der Waals surface area contributed by atoms with Crippen molar-refractivity contribution in [3.63, 3.8) is 0 Å². The van der Waals surface area contributed by atoms with Crippen molar-refractivity contribution in [2.75, 3.05) is 0 Å². The van der Waals surface area contributed by atoms with Crippen molar-refractivity contribution in [1.29, 1.82) is 0 Å². The van der Waals surface area contributed by atoms with Crippen LogP contribution in [-0.4, -0.2) is 4.98 Å². The van der Waals surface area contributed by atoms with Crippen LogP contribution in [0, 0.1) is 12.7 Å². The summed E-state index contributed by atoms with van der Waals surface area (Å²) in [5.41, 5.74) is 2.19. The van der Waals surface area contributed by atoms with E-state index in [1.165, 1.54) is 24.3 Å². The minimum absolute atomic E-state index is 0.0904. The number of halogens is 1. The lowest BCUT2D eigenvalue weighted by atomic mass is 10.1. The Morgan fingerprint density at radius 2 is 2.00 bits per heavy atom. The van der Waals surface area contributed by atoms with E-state index in [0.29, 0.717) is 11.3 Å². The summed E-state index contributed by atoms with van der Waals surface area (Å²) in [6, 6.07) is 7.40. The second-order valence-electron chi connectivity index (χ2n) is 3.40. The molecule has 3 heteroatoms. The van der Waals surface area contributed by atoms with Crippen LogP contribution in [-0.2, 0) is 0 Å². The highest BCUT2D eigenvalue weighted by atomic mass is 19.1. The van der Waals surface area contributed by atoms with Gasteiger partial charge < -0.3 is 4.98 Å². The van der Waals surface area contributed by atoms with Crippen molar-refractivity contribution >= 4 is 0 Å². The predicted octanol–water partition coefficient (Wildman–Crippen LogP) is 2.49. The second kappa shape index (κ2) is 3.69. The van der Waals surface area contributed by atoms with E-state index in [1.54, 1.807) is 12.3 Å². The largest absolute Gasteiger partial charge is 0.361 e. The number of hydrogen-bond acceptors (Lipinski definition) is 1. The molecule has 0 radical (unpaired) electrons. The minimum atomic E-state index is -0.305. The highest BCUT2D eigenvalue weighted by molar-refractivity contribution is 5.63. The average Bonchev–Trinajstić information content (AvgIpc) is 2.22. The van der Waals surface area contributed by atoms with E-state index in [0.717, 1.165) is 5.56 Å². The van der Waals surface area contributed by atoms with Crippen molar-refractivity contribution in [2.45, 2.75) is 6.92 Å². The lowest BCUT2D eigenvalue weighted by Gasteiger charge is -2.05. The molecule has 0 aliphatic heterocycles. The molecule has 1 heterocycles. The third-order valence-corrected chi connectivity index (χ3v) is 2.26. The summed E-state index contributed by atoms with van der Waals surface area (Å²) in [6.45, 7) is 1.88. The number of H-pyrrole nitrogens is 1. The number of aryl methyl sites for hydroxylation is 1. The highest BCUT2D eigenvalue weighted by Gasteiger charge is 2.03. The molecule has 15 heavy (non-hydrogen) atoms. The number of pyridine rings is 1. The molecular formula is C12H10FNO. The Hall–Kier alpha value is -1.90. The van der Waals surface area contributed by atoms with Gasteiger partial charge >= 0.3 is 0 Å². The molecule has 0 aliphatic rings. The van der Waals surface area contributed by atoms with Crippen molar-refractivity contribution in [3.8, 4) is 11.3 Å². The Labute approximate surface area is 86.4 Å². The summed E-state index contributed by atoms with van der Waals surface area (Å²) in [4.78, 5) is 14.1. The number of nitrogens with one attached hydrogen (secondary N) is 1. The fraction of sp³-hybridized carbons (Fsp3) is 0.0833. The average molecular weight is 203 g/mol. The molecule has 0 unspecified atom stereocenters. The van der Waals surface area contributed by atoms with Gasteiger partial charge in [0.1, 0.15) is 5.82 Å². The van der Waals surface area contributed by atoms with Crippen LogP contribution >= 0.6 is 0 Å². The van der Waals surface area contributed by atoms with Crippen molar-refractivity contribution in [3.05, 3.63) is 58.1 Å². The first-order valence-corrected chi connectivity index (χ1v) is 4.62. The molecule has 0 amide bonds. The Balaban J connectivity index is 2.63. The molecule has 0 atom stereocenters. The minimum Gasteiger partial charge on any atom is -0.361 e. The van der Waals surface area contributed by atoms with E-state index in [-0.39, 0.29) is 11.2 Å². The molecule has 2 rings (SSSR count). The van der Waals surface area contributed by atoms with E-state index >= 15 is 0 Å². The maximum Gasteiger partial charge on any atom is 0.182 e. The zero-order valence-electron chi connectivity index (χ0n) is 8.25. The van der Waals surface area contributed by atoms with E-state index in [4.69, 9.17) is 0 Å². The molecule has 0 saturated heterocycles. The first kappa shape index (κ1) is 9.65. The van der Waals surface area contributed by atoms with Crippen LogP contribution < -0.4 is 5.43 Å². The van der Waals surface area contributed by atoms with Crippen LogP contribution in [0.4, 0.5) is 4.39 Å². The van der Waals surface area contributed by atoms with Gasteiger partial charge in [-0.25, -0.2) is 4.39 Å². The number of benzene rings is 1. The van der Waals surface area contributed by atoms with Gasteiger partial charge in [0.05, 0.1) is 0 Å². The third kappa shape index (κ3) is 1.96. The van der Waals surface area contributed by atoms with Gasteiger partial charge in [-0.1, -0.05) is 6.07 Å². The normalized spacial score (nSPS) is 10.3. The Bertz CT molecular complexity index is 545. The zero-order chi connectivity index (χ0) is 10.8. The Kier molecular flexibility index (Phi) is 2.37. The fourth-order valence-corrected chi connectivity index (χ4v) is 1.49. The lowest BCUT2D eigenvalue weighted by molar-refractivity contribution is 0.628. The van der Waals surface area contributed by atoms with Gasteiger partial charge in [-0.15, -0.1) is 0 Å². The van der Waals surface area contributed by atoms with E-state index in [9.17, 15) is 9.18 Å². The summed E-state index contributed by atoms with van der Waals surface area (Å²) in [7, 11) is 0. The van der Waals surface area contributed by atoms with Crippen LogP contribution in [0.5, 0.6) is 0 Å². The Morgan fingerprint density at radius 1 is 1.20 bits per heavy atom. The van der Waals surface area contributed by atoms with Gasteiger partial charge in [0.25, 0.3) is 0 Å². The number of aromatic amines is 1. The molecule has 0 spiro atoms. The Morgan fingerprint density at radius 3 is 2.73 bits per heavy atom. The van der Waals surface area contributed by atoms with Crippen molar-refractivity contribution in [2.24, 2.45) is 0 Å². The van der Waals surface area contributed by atoms with Gasteiger partial charge in [-0.2, -0.15) is 0 Å². The van der Waals surface area contributed by atoms with Crippen LogP contribution in [0.2, 0.25) is 0 Å². The molecule has 2 aromatic rings. The molecule has 76 valence electrons. The summed E-state index contributed by atoms with van der Waals surface area (Å²) in [6.07, 6.45) is 1.56. The third-order valence-electron chi connectivity index (χ3n) is 2.26. The smallest absolute Gasteiger partial charge is 0.182 e. The summed E-state index contributed by atoms with van der Waals surface area (Å²) in [5.74, 6) is -0.305. The maximum absolute atomic E-state index is 13.0. The summed E-state index contributed by atoms with van der Waals surface area (Å²) in [5, 5.41) is 0. The quantitative estimate of drug-likeness (QED) is 0.758. The monoisotopic (exact) mass is 203 g/mol. The molecular weight excluding hydrogens is 193 g/mol. The topological polar surface area (TPSA) is 32.9 Å². The molecule has 0 bridgehead atoms. The molecule has 2 nitrogen and oxygen atoms in total. The molecule has 1 N–H and O–H groups in total. The molecule has 0 aliphatic carbocycles. The molecule has 0 saturated carbocycles. The summed E-state index contributed by atoms with van der Waals surface area (Å²) < 4.78 is 13.0. The second-order valence-corrected chi connectivity index (χ2v) is 3.40. The van der Waals surface area contributed by atoms with Gasteiger partial charge in [0.15, 0.2) is 5.43 Å². The van der Waals surface area contributed by atoms with Gasteiger partial charge in [-0.05, 0) is 24.6 Å². The highest BCUT2D eigenvalue weighted by Crippen LogP contribution is 2.20. The first-order valence-electron chi connectivity index (χ1n) is 4.62. The first-order chi connectivity index (χ1) is 7.16. The van der Waals surface area contributed by atoms with Crippen molar-refractivity contribution < 1.29 is 4.39 Å². The molecule has 1 aromatic carbocycles. The number of hydrogen-bond donors (Lipinski definition) is 1. The zero-order valence-corrected chi connectivity index (χ0v) is 8.25. The lowest BCUT2D eigenvalue weighted by Crippen LogP contribution is -1.99. The van der Waals surface area contributed by atoms with Gasteiger partial charge in [0.2, 0.25) is 0 Å². The maximum atomic E-state index is 13.0. The van der Waals surface area contributed by atoms with Crippen molar-refractivity contribution in [1.82, 2.24) is 4.98 Å². The molecule has 1 aromatic heterocycles. The van der Waals surface area contributed by atoms with E-state index < -0.39 is 0 Å². The van der Waals surface area contributed by atoms with Crippen LogP contribution in [0.1, 0.15) is 5.56 Å². The standard InChI is InChI=1S/C12H10FNO/c1-8-2-3-9(13)6-11(8)12-7-10(15)4-5-14-12/h2-7H,1H3,(H,14,15). The molecule has 0 fully saturated rings. The predicted molar refractivity (Wildman–Crippen MR) is 57.2 cm³/mol. The SMILES string of the molecule is Cc1ccc(F)cc1-c1cc(=O)cc[nH]1. The number of rotatable bonds is 1. The summed E-state index contributed by atoms with van der Waals surface area (Å²) >= 11 is 0. The van der Waals surface area contributed by atoms with Gasteiger partial charge in [0, 0.05) is 29.6 Å². The van der Waals surface area contributed by atoms with Crippen LogP contribution in [0.15, 0.2) is 41.3 Å². The van der Waals surface area contributed by atoms with Crippen LogP contribution in [0.3, 0.4) is 0 Å². The fourth-order valence-electron chi connectivity index (χ4n) is 1.49. The van der Waals surface area contributed by atoms with E-state index in [1.807, 2.05) is 6.92 Å². The van der Waals surface area contributed by atoms with Crippen LogP contribution in [0.25, 0.3) is 11.3 Å².